The summed E-state index contributed by atoms with van der Waals surface area (Å²) in [6, 6.07) is 10.8. The van der Waals surface area contributed by atoms with Gasteiger partial charge in [0, 0.05) is 5.69 Å². The fraction of sp³-hybridized carbons (Fsp3) is 0.263. The van der Waals surface area contributed by atoms with Gasteiger partial charge in [-0.2, -0.15) is 0 Å². The van der Waals surface area contributed by atoms with Crippen LogP contribution in [0.25, 0.3) is 0 Å². The van der Waals surface area contributed by atoms with Gasteiger partial charge in [-0.05, 0) is 48.2 Å². The molecule has 3 N–H and O–H groups in total. The first kappa shape index (κ1) is 25.3. The van der Waals surface area contributed by atoms with E-state index in [1.165, 1.54) is 48.5 Å². The Hall–Kier alpha value is -3.00. The monoisotopic (exact) mass is 485 g/mol. The normalized spacial score (nSPS) is 12.1. The maximum Gasteiger partial charge on any atom is 0.323 e. The number of carbonyl (C=O) groups excluding carboxylic acids is 2. The molecule has 174 valence electrons. The summed E-state index contributed by atoms with van der Waals surface area (Å²) in [6.45, 7) is 0. The molecule has 2 rings (SSSR count). The van der Waals surface area contributed by atoms with Crippen molar-refractivity contribution in [2.24, 2.45) is 10.6 Å². The number of nitrogens with one attached hydrogen (secondary N) is 1. The van der Waals surface area contributed by atoms with E-state index in [0.717, 1.165) is 14.2 Å². The quantitative estimate of drug-likeness (QED) is 0.287. The van der Waals surface area contributed by atoms with Gasteiger partial charge >= 0.3 is 11.9 Å². The van der Waals surface area contributed by atoms with E-state index in [0.29, 0.717) is 11.1 Å². The zero-order valence-electron chi connectivity index (χ0n) is 17.1. The highest BCUT2D eigenvalue weighted by Gasteiger charge is 2.48. The molecule has 11 nitrogen and oxygen atoms in total. The van der Waals surface area contributed by atoms with Crippen LogP contribution in [0.3, 0.4) is 0 Å². The molecular weight excluding hydrogens is 464 g/mol. The molecular formula is C19H21N2O9S2-. The van der Waals surface area contributed by atoms with E-state index in [4.69, 9.17) is 14.6 Å². The van der Waals surface area contributed by atoms with Crippen LogP contribution in [0.4, 0.5) is 5.69 Å². The topological polar surface area (TPSA) is 182 Å². The Bertz CT molecular complexity index is 1170. The number of hydrogen-bond acceptors (Lipinski definition) is 9. The fourth-order valence-corrected chi connectivity index (χ4v) is 4.09. The standard InChI is InChI=1S/C19H22N2O9S2/c1-29-17(22)19(18(23)30-2,12-14-5-9-16(10-6-14)31(20,24)25)11-13-3-7-15(8-4-13)21-32(26,27)28/h3-10,21H,11-12H2,1-2H3,(H2,20,24,25)(H,26,27,28)/p-1. The molecule has 0 atom stereocenters. The number of rotatable bonds is 9. The van der Waals surface area contributed by atoms with Gasteiger partial charge in [0.25, 0.3) is 0 Å². The molecule has 0 aliphatic heterocycles. The van der Waals surface area contributed by atoms with E-state index in [2.05, 4.69) is 0 Å². The molecule has 32 heavy (non-hydrogen) atoms. The minimum Gasteiger partial charge on any atom is -0.731 e. The summed E-state index contributed by atoms with van der Waals surface area (Å²) in [5, 5.41) is 5.09. The highest BCUT2D eigenvalue weighted by atomic mass is 32.2. The first-order chi connectivity index (χ1) is 14.8. The molecule has 0 aliphatic rings. The number of methoxy groups -OCH3 is 2. The molecule has 13 heteroatoms. The van der Waals surface area contributed by atoms with Gasteiger partial charge in [0.15, 0.2) is 15.7 Å². The predicted octanol–water partition coefficient (Wildman–Crippen LogP) is 0.324. The van der Waals surface area contributed by atoms with Gasteiger partial charge in [0.05, 0.1) is 19.1 Å². The summed E-state index contributed by atoms with van der Waals surface area (Å²) in [5.41, 5.74) is -0.949. The third-order valence-corrected chi connectivity index (χ3v) is 6.03. The van der Waals surface area contributed by atoms with Crippen molar-refractivity contribution in [3.05, 3.63) is 59.7 Å². The lowest BCUT2D eigenvalue weighted by Crippen LogP contribution is -2.45. The van der Waals surface area contributed by atoms with Crippen molar-refractivity contribution in [1.29, 1.82) is 0 Å². The molecule has 0 radical (unpaired) electrons. The Morgan fingerprint density at radius 1 is 0.875 bits per heavy atom. The van der Waals surface area contributed by atoms with Crippen LogP contribution in [0.5, 0.6) is 0 Å². The lowest BCUT2D eigenvalue weighted by molar-refractivity contribution is -0.169. The summed E-state index contributed by atoms with van der Waals surface area (Å²) < 4.78 is 66.9. The van der Waals surface area contributed by atoms with E-state index >= 15 is 0 Å². The minimum absolute atomic E-state index is 0.00377. The number of anilines is 1. The third kappa shape index (κ3) is 6.26. The molecule has 0 bridgehead atoms. The molecule has 0 heterocycles. The van der Waals surface area contributed by atoms with E-state index in [1.54, 1.807) is 4.72 Å². The molecule has 0 saturated carbocycles. The number of esters is 2. The molecule has 2 aromatic rings. The van der Waals surface area contributed by atoms with Crippen molar-refractivity contribution in [2.45, 2.75) is 17.7 Å². The summed E-state index contributed by atoms with van der Waals surface area (Å²) in [4.78, 5) is 25.4. The number of hydrogen-bond donors (Lipinski definition) is 2. The van der Waals surface area contributed by atoms with Crippen molar-refractivity contribution < 1.29 is 40.5 Å². The first-order valence-electron chi connectivity index (χ1n) is 8.92. The first-order valence-corrected chi connectivity index (χ1v) is 11.9. The van der Waals surface area contributed by atoms with E-state index < -0.39 is 37.7 Å². The van der Waals surface area contributed by atoms with Crippen LogP contribution in [-0.4, -0.2) is 47.5 Å². The van der Waals surface area contributed by atoms with Gasteiger partial charge < -0.3 is 14.0 Å². The van der Waals surface area contributed by atoms with Gasteiger partial charge in [0.1, 0.15) is 0 Å². The highest BCUT2D eigenvalue weighted by molar-refractivity contribution is 7.89. The molecule has 0 saturated heterocycles. The number of nitrogens with two attached hydrogens (primary N) is 1. The Balaban J connectivity index is 2.45. The number of primary sulfonamides is 1. The number of sulfonamides is 1. The predicted molar refractivity (Wildman–Crippen MR) is 111 cm³/mol. The van der Waals surface area contributed by atoms with Crippen LogP contribution in [-0.2, 0) is 52.2 Å². The molecule has 0 aliphatic carbocycles. The zero-order valence-corrected chi connectivity index (χ0v) is 18.7. The van der Waals surface area contributed by atoms with Crippen molar-refractivity contribution in [3.8, 4) is 0 Å². The molecule has 2 aromatic carbocycles. The Morgan fingerprint density at radius 3 is 1.62 bits per heavy atom. The van der Waals surface area contributed by atoms with Crippen molar-refractivity contribution in [3.63, 3.8) is 0 Å². The lowest BCUT2D eigenvalue weighted by atomic mass is 9.76. The van der Waals surface area contributed by atoms with Gasteiger partial charge in [-0.1, -0.05) is 24.3 Å². The Kier molecular flexibility index (Phi) is 7.62. The largest absolute Gasteiger partial charge is 0.731 e. The minimum atomic E-state index is -4.71. The van der Waals surface area contributed by atoms with Crippen molar-refractivity contribution in [1.82, 2.24) is 0 Å². The van der Waals surface area contributed by atoms with Crippen LogP contribution in [0.15, 0.2) is 53.4 Å². The maximum atomic E-state index is 12.8. The number of carbonyl (C=O) groups is 2. The average molecular weight is 486 g/mol. The van der Waals surface area contributed by atoms with Gasteiger partial charge in [-0.15, -0.1) is 0 Å². The van der Waals surface area contributed by atoms with Crippen LogP contribution in [0.2, 0.25) is 0 Å². The summed E-state index contributed by atoms with van der Waals surface area (Å²) in [5.74, 6) is -1.77. The van der Waals surface area contributed by atoms with Crippen molar-refractivity contribution in [2.75, 3.05) is 18.9 Å². The van der Waals surface area contributed by atoms with E-state index in [1.807, 2.05) is 0 Å². The molecule has 0 amide bonds. The van der Waals surface area contributed by atoms with Crippen LogP contribution < -0.4 is 9.86 Å². The van der Waals surface area contributed by atoms with Crippen molar-refractivity contribution >= 4 is 38.0 Å². The number of ether oxygens (including phenoxy) is 2. The lowest BCUT2D eigenvalue weighted by Gasteiger charge is -2.28. The molecule has 0 unspecified atom stereocenters. The second kappa shape index (κ2) is 9.65. The molecule has 0 aromatic heterocycles. The van der Waals surface area contributed by atoms with Gasteiger partial charge in [-0.3, -0.25) is 14.3 Å². The van der Waals surface area contributed by atoms with Crippen LogP contribution in [0.1, 0.15) is 11.1 Å². The summed E-state index contributed by atoms with van der Waals surface area (Å²) >= 11 is 0. The molecule has 0 spiro atoms. The average Bonchev–Trinajstić information content (AvgIpc) is 2.72. The Labute approximate surface area is 185 Å². The highest BCUT2D eigenvalue weighted by Crippen LogP contribution is 2.32. The van der Waals surface area contributed by atoms with Crippen LogP contribution in [0, 0.1) is 5.41 Å². The zero-order chi connectivity index (χ0) is 24.2. The van der Waals surface area contributed by atoms with Gasteiger partial charge in [0.2, 0.25) is 10.0 Å². The third-order valence-electron chi connectivity index (χ3n) is 4.61. The smallest absolute Gasteiger partial charge is 0.323 e. The van der Waals surface area contributed by atoms with E-state index in [-0.39, 0.29) is 23.4 Å². The second-order valence-electron chi connectivity index (χ2n) is 6.86. The number of benzene rings is 2. The maximum absolute atomic E-state index is 12.8. The summed E-state index contributed by atoms with van der Waals surface area (Å²) in [6.07, 6.45) is -0.375. The molecule has 0 fully saturated rings. The SMILES string of the molecule is COC(=O)C(Cc1ccc(NS(=O)(=O)[O-])cc1)(Cc1ccc(S(N)(=O)=O)cc1)C(=O)OC. The van der Waals surface area contributed by atoms with Gasteiger partial charge in [-0.25, -0.2) is 22.0 Å². The Morgan fingerprint density at radius 2 is 1.28 bits per heavy atom. The summed E-state index contributed by atoms with van der Waals surface area (Å²) in [7, 11) is -6.43. The van der Waals surface area contributed by atoms with Crippen LogP contribution >= 0.6 is 0 Å². The van der Waals surface area contributed by atoms with E-state index in [9.17, 15) is 31.0 Å². The second-order valence-corrected chi connectivity index (χ2v) is 9.53. The fourth-order valence-electron chi connectivity index (χ4n) is 3.15.